The van der Waals surface area contributed by atoms with Crippen LogP contribution in [0.4, 0.5) is 24.5 Å². The van der Waals surface area contributed by atoms with Crippen molar-refractivity contribution >= 4 is 28.8 Å². The zero-order valence-corrected chi connectivity index (χ0v) is 17.5. The van der Waals surface area contributed by atoms with Crippen molar-refractivity contribution < 1.29 is 27.5 Å². The smallest absolute Gasteiger partial charge is 0.416 e. The summed E-state index contributed by atoms with van der Waals surface area (Å²) in [5, 5.41) is 2.76. The van der Waals surface area contributed by atoms with Crippen molar-refractivity contribution in [3.05, 3.63) is 95.7 Å². The molecule has 1 aliphatic rings. The first-order valence-electron chi connectivity index (χ1n) is 10.2. The van der Waals surface area contributed by atoms with Crippen LogP contribution in [0.2, 0.25) is 0 Å². The zero-order valence-electron chi connectivity index (χ0n) is 17.5. The number of hydrogen-bond donors (Lipinski definition) is 1. The van der Waals surface area contributed by atoms with Gasteiger partial charge in [-0.05, 0) is 42.8 Å². The summed E-state index contributed by atoms with van der Waals surface area (Å²) in [4.78, 5) is 27.9. The third-order valence-corrected chi connectivity index (χ3v) is 5.01. The zero-order chi connectivity index (χ0) is 23.6. The summed E-state index contributed by atoms with van der Waals surface area (Å²) in [7, 11) is 0. The molecule has 4 rings (SSSR count). The summed E-state index contributed by atoms with van der Waals surface area (Å²) in [6.07, 6.45) is -4.55. The third-order valence-electron chi connectivity index (χ3n) is 5.01. The van der Waals surface area contributed by atoms with Crippen molar-refractivity contribution in [1.82, 2.24) is 0 Å². The van der Waals surface area contributed by atoms with E-state index in [2.05, 4.69) is 5.32 Å². The number of carbonyl (C=O) groups excluding carboxylic acids is 2. The monoisotopic (exact) mass is 452 g/mol. The van der Waals surface area contributed by atoms with Gasteiger partial charge in [0, 0.05) is 5.69 Å². The fourth-order valence-electron chi connectivity index (χ4n) is 3.57. The second-order valence-corrected chi connectivity index (χ2v) is 7.17. The molecule has 3 aromatic carbocycles. The molecule has 8 heteroatoms. The molecule has 1 heterocycles. The van der Waals surface area contributed by atoms with E-state index in [0.29, 0.717) is 17.9 Å². The average molecular weight is 452 g/mol. The van der Waals surface area contributed by atoms with Gasteiger partial charge >= 0.3 is 6.18 Å². The molecule has 1 N–H and O–H groups in total. The van der Waals surface area contributed by atoms with E-state index in [4.69, 9.17) is 4.74 Å². The molecular weight excluding hydrogens is 433 g/mol. The molecule has 1 aliphatic heterocycles. The molecule has 0 aliphatic carbocycles. The van der Waals surface area contributed by atoms with E-state index >= 15 is 0 Å². The highest BCUT2D eigenvalue weighted by Crippen LogP contribution is 2.38. The van der Waals surface area contributed by atoms with Gasteiger partial charge in [-0.15, -0.1) is 0 Å². The van der Waals surface area contributed by atoms with Crippen LogP contribution in [0.5, 0.6) is 5.75 Å². The largest absolute Gasteiger partial charge is 0.492 e. The Morgan fingerprint density at radius 3 is 2.27 bits per heavy atom. The summed E-state index contributed by atoms with van der Waals surface area (Å²) in [5.74, 6) is -0.953. The number of nitrogens with zero attached hydrogens (tertiary/aromatic N) is 1. The minimum absolute atomic E-state index is 0.0364. The van der Waals surface area contributed by atoms with Crippen molar-refractivity contribution in [3.8, 4) is 5.75 Å². The third kappa shape index (κ3) is 4.32. The number of ether oxygens (including phenoxy) is 1. The quantitative estimate of drug-likeness (QED) is 0.502. The fourth-order valence-corrected chi connectivity index (χ4v) is 3.57. The summed E-state index contributed by atoms with van der Waals surface area (Å²) in [6.45, 7) is 2.10. The van der Waals surface area contributed by atoms with Crippen LogP contribution in [0, 0.1) is 0 Å². The highest BCUT2D eigenvalue weighted by molar-refractivity contribution is 6.46. The lowest BCUT2D eigenvalue weighted by Gasteiger charge is -2.19. The van der Waals surface area contributed by atoms with Crippen LogP contribution in [-0.2, 0) is 15.8 Å². The molecule has 0 fully saturated rings. The molecule has 0 radical (unpaired) electrons. The Balaban J connectivity index is 1.81. The number of halogens is 3. The predicted octanol–water partition coefficient (Wildman–Crippen LogP) is 5.50. The predicted molar refractivity (Wildman–Crippen MR) is 119 cm³/mol. The molecule has 0 saturated carbocycles. The first-order chi connectivity index (χ1) is 15.8. The molecule has 168 valence electrons. The summed E-state index contributed by atoms with van der Waals surface area (Å²) < 4.78 is 45.1. The maximum atomic E-state index is 13.5. The van der Waals surface area contributed by atoms with E-state index in [1.807, 2.05) is 0 Å². The number of benzene rings is 3. The molecule has 0 spiro atoms. The Morgan fingerprint density at radius 2 is 1.58 bits per heavy atom. The molecule has 0 bridgehead atoms. The molecule has 0 atom stereocenters. The number of anilines is 2. The number of hydrogen-bond acceptors (Lipinski definition) is 4. The van der Waals surface area contributed by atoms with Gasteiger partial charge in [0.2, 0.25) is 0 Å². The molecule has 0 aromatic heterocycles. The number of rotatable bonds is 6. The van der Waals surface area contributed by atoms with Crippen LogP contribution in [0.3, 0.4) is 0 Å². The minimum Gasteiger partial charge on any atom is -0.492 e. The lowest BCUT2D eigenvalue weighted by Crippen LogP contribution is -2.32. The lowest BCUT2D eigenvalue weighted by atomic mass is 10.0. The Hall–Kier alpha value is -4.07. The van der Waals surface area contributed by atoms with Crippen LogP contribution >= 0.6 is 0 Å². The van der Waals surface area contributed by atoms with Gasteiger partial charge in [0.05, 0.1) is 23.4 Å². The van der Waals surface area contributed by atoms with Crippen LogP contribution < -0.4 is 15.0 Å². The molecule has 0 saturated heterocycles. The van der Waals surface area contributed by atoms with Gasteiger partial charge in [0.1, 0.15) is 11.4 Å². The number of carbonyl (C=O) groups is 2. The molecule has 0 unspecified atom stereocenters. The van der Waals surface area contributed by atoms with E-state index in [0.717, 1.165) is 17.0 Å². The van der Waals surface area contributed by atoms with Crippen molar-refractivity contribution in [1.29, 1.82) is 0 Å². The molecule has 2 amide bonds. The normalized spacial score (nSPS) is 14.1. The van der Waals surface area contributed by atoms with Gasteiger partial charge < -0.3 is 10.1 Å². The number of amides is 2. The van der Waals surface area contributed by atoms with E-state index in [1.54, 1.807) is 61.5 Å². The Labute approximate surface area is 188 Å². The molecular formula is C25H19F3N2O3. The van der Waals surface area contributed by atoms with Crippen LogP contribution in [0.25, 0.3) is 5.57 Å². The maximum absolute atomic E-state index is 13.5. The fraction of sp³-hybridized carbons (Fsp3) is 0.120. The summed E-state index contributed by atoms with van der Waals surface area (Å²) in [5.41, 5.74) is -0.175. The van der Waals surface area contributed by atoms with Crippen molar-refractivity contribution in [2.45, 2.75) is 13.1 Å². The number of alkyl halides is 3. The van der Waals surface area contributed by atoms with Gasteiger partial charge in [-0.1, -0.05) is 48.5 Å². The van der Waals surface area contributed by atoms with Gasteiger partial charge in [-0.25, -0.2) is 4.90 Å². The Kier molecular flexibility index (Phi) is 5.91. The van der Waals surface area contributed by atoms with Crippen molar-refractivity contribution in [2.75, 3.05) is 16.8 Å². The highest BCUT2D eigenvalue weighted by atomic mass is 19.4. The second kappa shape index (κ2) is 8.82. The van der Waals surface area contributed by atoms with Crippen molar-refractivity contribution in [3.63, 3.8) is 0 Å². The van der Waals surface area contributed by atoms with Gasteiger partial charge in [-0.2, -0.15) is 13.2 Å². The standard InChI is InChI=1S/C25H19F3N2O3/c1-2-33-20-14-7-6-13-19(20)30-23(31)21(16-9-4-3-5-10-16)22(24(30)32)29-18-12-8-11-17(15-18)25(26,27)28/h3-15,29H,2H2,1H3. The summed E-state index contributed by atoms with van der Waals surface area (Å²) in [6, 6.07) is 19.6. The maximum Gasteiger partial charge on any atom is 0.416 e. The van der Waals surface area contributed by atoms with Crippen LogP contribution in [0.15, 0.2) is 84.6 Å². The summed E-state index contributed by atoms with van der Waals surface area (Å²) >= 11 is 0. The second-order valence-electron chi connectivity index (χ2n) is 7.17. The van der Waals surface area contributed by atoms with Gasteiger partial charge in [0.25, 0.3) is 11.8 Å². The number of nitrogens with one attached hydrogen (secondary N) is 1. The van der Waals surface area contributed by atoms with E-state index in [9.17, 15) is 22.8 Å². The van der Waals surface area contributed by atoms with E-state index < -0.39 is 23.6 Å². The van der Waals surface area contributed by atoms with Crippen molar-refractivity contribution in [2.24, 2.45) is 0 Å². The van der Waals surface area contributed by atoms with Crippen LogP contribution in [0.1, 0.15) is 18.1 Å². The topological polar surface area (TPSA) is 58.6 Å². The van der Waals surface area contributed by atoms with Gasteiger partial charge in [0.15, 0.2) is 0 Å². The Bertz CT molecular complexity index is 1240. The first kappa shape index (κ1) is 22.1. The molecule has 5 nitrogen and oxygen atoms in total. The number of para-hydroxylation sites is 2. The van der Waals surface area contributed by atoms with Gasteiger partial charge in [-0.3, -0.25) is 9.59 Å². The molecule has 3 aromatic rings. The first-order valence-corrected chi connectivity index (χ1v) is 10.2. The van der Waals surface area contributed by atoms with E-state index in [1.165, 1.54) is 12.1 Å². The van der Waals surface area contributed by atoms with E-state index in [-0.39, 0.29) is 22.6 Å². The Morgan fingerprint density at radius 1 is 0.879 bits per heavy atom. The SMILES string of the molecule is CCOc1ccccc1N1C(=O)C(Nc2cccc(C(F)(F)F)c2)=C(c2ccccc2)C1=O. The average Bonchev–Trinajstić information content (AvgIpc) is 3.04. The highest BCUT2D eigenvalue weighted by Gasteiger charge is 2.41. The molecule has 33 heavy (non-hydrogen) atoms. The minimum atomic E-state index is -4.55. The number of imide groups is 1. The lowest BCUT2D eigenvalue weighted by molar-refractivity contribution is -0.137. The van der Waals surface area contributed by atoms with Crippen LogP contribution in [-0.4, -0.2) is 18.4 Å².